The Kier molecular flexibility index (Phi) is 7.56. The van der Waals surface area contributed by atoms with Gasteiger partial charge in [-0.25, -0.2) is 0 Å². The molecule has 0 unspecified atom stereocenters. The Bertz CT molecular complexity index is 460. The van der Waals surface area contributed by atoms with Crippen molar-refractivity contribution in [2.24, 2.45) is 5.92 Å². The quantitative estimate of drug-likeness (QED) is 0.685. The molecule has 4 nitrogen and oxygen atoms in total. The second-order valence-corrected chi connectivity index (χ2v) is 6.43. The van der Waals surface area contributed by atoms with Gasteiger partial charge in [-0.3, -0.25) is 4.79 Å². The Morgan fingerprint density at radius 3 is 2.74 bits per heavy atom. The molecule has 1 heterocycles. The molecule has 2 rings (SSSR count). The maximum atomic E-state index is 11.4. The number of carbonyl (C=O) groups is 1. The van der Waals surface area contributed by atoms with Gasteiger partial charge in [-0.2, -0.15) is 0 Å². The highest BCUT2D eigenvalue weighted by Gasteiger charge is 2.25. The molecule has 1 aromatic rings. The van der Waals surface area contributed by atoms with Crippen LogP contribution in [0.15, 0.2) is 30.3 Å². The second kappa shape index (κ2) is 9.68. The van der Waals surface area contributed by atoms with E-state index < -0.39 is 0 Å². The summed E-state index contributed by atoms with van der Waals surface area (Å²) in [4.78, 5) is 11.4. The van der Waals surface area contributed by atoms with Gasteiger partial charge in [0.25, 0.3) is 0 Å². The van der Waals surface area contributed by atoms with Gasteiger partial charge in [0.05, 0.1) is 32.3 Å². The fraction of sp³-hybridized carbons (Fsp3) is 0.632. The Morgan fingerprint density at radius 2 is 2.00 bits per heavy atom. The third kappa shape index (κ3) is 6.71. The average molecular weight is 320 g/mol. The molecule has 1 aromatic carbocycles. The molecule has 23 heavy (non-hydrogen) atoms. The number of rotatable bonds is 8. The largest absolute Gasteiger partial charge is 0.469 e. The fourth-order valence-corrected chi connectivity index (χ4v) is 3.04. The van der Waals surface area contributed by atoms with Crippen molar-refractivity contribution in [1.82, 2.24) is 0 Å². The minimum atomic E-state index is -0.185. The number of hydrogen-bond acceptors (Lipinski definition) is 4. The smallest absolute Gasteiger partial charge is 0.308 e. The molecule has 3 atom stereocenters. The van der Waals surface area contributed by atoms with Crippen molar-refractivity contribution in [2.75, 3.05) is 13.7 Å². The zero-order valence-electron chi connectivity index (χ0n) is 14.2. The minimum absolute atomic E-state index is 0.0126. The Morgan fingerprint density at radius 1 is 1.26 bits per heavy atom. The number of methoxy groups -OCH3 is 1. The number of ether oxygens (including phenoxy) is 3. The lowest BCUT2D eigenvalue weighted by molar-refractivity contribution is -0.147. The molecule has 0 amide bonds. The van der Waals surface area contributed by atoms with Crippen molar-refractivity contribution in [3.63, 3.8) is 0 Å². The van der Waals surface area contributed by atoms with Crippen LogP contribution in [0.5, 0.6) is 0 Å². The molecule has 1 fully saturated rings. The molecule has 128 valence electrons. The van der Waals surface area contributed by atoms with Crippen molar-refractivity contribution in [3.8, 4) is 0 Å². The lowest BCUT2D eigenvalue weighted by atomic mass is 9.95. The molecule has 0 bridgehead atoms. The van der Waals surface area contributed by atoms with Crippen LogP contribution in [0, 0.1) is 5.92 Å². The molecule has 1 saturated heterocycles. The van der Waals surface area contributed by atoms with Crippen LogP contribution in [0.1, 0.15) is 44.6 Å². The first-order valence-corrected chi connectivity index (χ1v) is 8.51. The fourth-order valence-electron chi connectivity index (χ4n) is 3.04. The van der Waals surface area contributed by atoms with E-state index in [1.54, 1.807) is 0 Å². The zero-order valence-corrected chi connectivity index (χ0v) is 14.2. The maximum Gasteiger partial charge on any atom is 0.308 e. The summed E-state index contributed by atoms with van der Waals surface area (Å²) in [5, 5.41) is 0. The maximum absolute atomic E-state index is 11.4. The van der Waals surface area contributed by atoms with Crippen LogP contribution in [0.4, 0.5) is 0 Å². The summed E-state index contributed by atoms with van der Waals surface area (Å²) in [6.07, 6.45) is 4.72. The monoisotopic (exact) mass is 320 g/mol. The molecular formula is C19H28O4. The Labute approximate surface area is 139 Å². The molecule has 0 radical (unpaired) electrons. The number of hydrogen-bond donors (Lipinski definition) is 0. The highest BCUT2D eigenvalue weighted by Crippen LogP contribution is 2.26. The molecule has 0 aliphatic carbocycles. The van der Waals surface area contributed by atoms with Gasteiger partial charge in [0.15, 0.2) is 0 Å². The van der Waals surface area contributed by atoms with Crippen LogP contribution < -0.4 is 0 Å². The van der Waals surface area contributed by atoms with Gasteiger partial charge in [0, 0.05) is 6.61 Å². The SMILES string of the molecule is COC(=O)C[C@H]1CCC[C@@H](C[C@H](C)COCc2ccccc2)O1. The first-order chi connectivity index (χ1) is 11.2. The van der Waals surface area contributed by atoms with E-state index in [1.807, 2.05) is 18.2 Å². The van der Waals surface area contributed by atoms with Gasteiger partial charge in [-0.15, -0.1) is 0 Å². The number of benzene rings is 1. The van der Waals surface area contributed by atoms with E-state index in [-0.39, 0.29) is 18.2 Å². The molecule has 0 saturated carbocycles. The third-order valence-corrected chi connectivity index (χ3v) is 4.24. The van der Waals surface area contributed by atoms with E-state index in [2.05, 4.69) is 19.1 Å². The normalized spacial score (nSPS) is 22.5. The molecule has 4 heteroatoms. The van der Waals surface area contributed by atoms with Crippen LogP contribution in [0.2, 0.25) is 0 Å². The summed E-state index contributed by atoms with van der Waals surface area (Å²) in [7, 11) is 1.43. The van der Waals surface area contributed by atoms with E-state index >= 15 is 0 Å². The molecule has 1 aliphatic rings. The predicted octanol–water partition coefficient (Wildman–Crippen LogP) is 3.73. The molecule has 1 aliphatic heterocycles. The summed E-state index contributed by atoms with van der Waals surface area (Å²) >= 11 is 0. The van der Waals surface area contributed by atoms with Crippen LogP contribution in [-0.2, 0) is 25.6 Å². The van der Waals surface area contributed by atoms with Gasteiger partial charge < -0.3 is 14.2 Å². The highest BCUT2D eigenvalue weighted by atomic mass is 16.5. The van der Waals surface area contributed by atoms with Gasteiger partial charge in [0.2, 0.25) is 0 Å². The van der Waals surface area contributed by atoms with Crippen LogP contribution in [-0.4, -0.2) is 31.9 Å². The molecule has 0 N–H and O–H groups in total. The highest BCUT2D eigenvalue weighted by molar-refractivity contribution is 5.69. The van der Waals surface area contributed by atoms with Gasteiger partial charge >= 0.3 is 5.97 Å². The summed E-state index contributed by atoms with van der Waals surface area (Å²) < 4.78 is 16.6. The molecule has 0 aromatic heterocycles. The topological polar surface area (TPSA) is 44.8 Å². The molecular weight excluding hydrogens is 292 g/mol. The standard InChI is InChI=1S/C19H28O4/c1-15(13-22-14-16-7-4-3-5-8-16)11-17-9-6-10-18(23-17)12-19(20)21-2/h3-5,7-8,15,17-18H,6,9-14H2,1-2H3/t15-,17-,18+/m0/s1. The van der Waals surface area contributed by atoms with Crippen molar-refractivity contribution in [3.05, 3.63) is 35.9 Å². The van der Waals surface area contributed by atoms with Gasteiger partial charge in [-0.05, 0) is 37.2 Å². The second-order valence-electron chi connectivity index (χ2n) is 6.43. The van der Waals surface area contributed by atoms with E-state index in [9.17, 15) is 4.79 Å². The van der Waals surface area contributed by atoms with Crippen molar-refractivity contribution < 1.29 is 19.0 Å². The lowest BCUT2D eigenvalue weighted by Crippen LogP contribution is -2.31. The van der Waals surface area contributed by atoms with E-state index in [4.69, 9.17) is 14.2 Å². The summed E-state index contributed by atoms with van der Waals surface area (Å²) in [6, 6.07) is 10.2. The average Bonchev–Trinajstić information content (AvgIpc) is 2.56. The van der Waals surface area contributed by atoms with E-state index in [0.717, 1.165) is 32.3 Å². The number of esters is 1. The zero-order chi connectivity index (χ0) is 16.5. The van der Waals surface area contributed by atoms with E-state index in [1.165, 1.54) is 12.7 Å². The van der Waals surface area contributed by atoms with Gasteiger partial charge in [0.1, 0.15) is 0 Å². The van der Waals surface area contributed by atoms with Gasteiger partial charge in [-0.1, -0.05) is 37.3 Å². The van der Waals surface area contributed by atoms with E-state index in [0.29, 0.717) is 18.9 Å². The first kappa shape index (κ1) is 18.0. The summed E-state index contributed by atoms with van der Waals surface area (Å²) in [5.74, 6) is 0.260. The van der Waals surface area contributed by atoms with Crippen LogP contribution >= 0.6 is 0 Å². The minimum Gasteiger partial charge on any atom is -0.469 e. The van der Waals surface area contributed by atoms with Crippen molar-refractivity contribution in [2.45, 2.75) is 57.8 Å². The van der Waals surface area contributed by atoms with Crippen LogP contribution in [0.25, 0.3) is 0 Å². The summed E-state index contributed by atoms with van der Waals surface area (Å²) in [6.45, 7) is 3.58. The molecule has 0 spiro atoms. The predicted molar refractivity (Wildman–Crippen MR) is 89.0 cm³/mol. The number of carbonyl (C=O) groups excluding carboxylic acids is 1. The van der Waals surface area contributed by atoms with Crippen molar-refractivity contribution >= 4 is 5.97 Å². The summed E-state index contributed by atoms with van der Waals surface area (Å²) in [5.41, 5.74) is 1.20. The Hall–Kier alpha value is -1.39. The van der Waals surface area contributed by atoms with Crippen LogP contribution in [0.3, 0.4) is 0 Å². The Balaban J connectivity index is 1.66. The lowest BCUT2D eigenvalue weighted by Gasteiger charge is -2.31. The third-order valence-electron chi connectivity index (χ3n) is 4.24. The van der Waals surface area contributed by atoms with Crippen molar-refractivity contribution in [1.29, 1.82) is 0 Å². The first-order valence-electron chi connectivity index (χ1n) is 8.51.